The van der Waals surface area contributed by atoms with Gasteiger partial charge in [-0.25, -0.2) is 0 Å². The van der Waals surface area contributed by atoms with Crippen LogP contribution in [-0.2, 0) is 4.79 Å². The van der Waals surface area contributed by atoms with Crippen LogP contribution in [0, 0.1) is 5.92 Å². The van der Waals surface area contributed by atoms with Gasteiger partial charge in [-0.1, -0.05) is 12.8 Å². The zero-order valence-corrected chi connectivity index (χ0v) is 10.7. The predicted molar refractivity (Wildman–Crippen MR) is 67.7 cm³/mol. The van der Waals surface area contributed by atoms with E-state index in [1.807, 2.05) is 0 Å². The molecule has 2 atom stereocenters. The molecule has 3 heteroatoms. The molecule has 2 saturated heterocycles. The van der Waals surface area contributed by atoms with Crippen molar-refractivity contribution in [2.75, 3.05) is 13.1 Å². The van der Waals surface area contributed by atoms with Crippen molar-refractivity contribution < 1.29 is 4.79 Å². The first-order valence-corrected chi connectivity index (χ1v) is 7.40. The maximum atomic E-state index is 12.5. The Bertz CT molecular complexity index is 280. The Labute approximate surface area is 104 Å². The standard InChI is InChI=1S/C14H24N2O/c17-14(12-7-3-9-15-12)16-10-4-8-13(16)11-5-1-2-6-11/h11-13,15H,1-10H2/t12-,13+/m1/s1. The van der Waals surface area contributed by atoms with Crippen LogP contribution < -0.4 is 5.32 Å². The van der Waals surface area contributed by atoms with Gasteiger partial charge >= 0.3 is 0 Å². The second kappa shape index (κ2) is 4.97. The minimum absolute atomic E-state index is 0.136. The van der Waals surface area contributed by atoms with Crippen molar-refractivity contribution in [2.45, 2.75) is 63.5 Å². The van der Waals surface area contributed by atoms with Crippen molar-refractivity contribution in [1.82, 2.24) is 10.2 Å². The van der Waals surface area contributed by atoms with E-state index in [0.29, 0.717) is 11.9 Å². The molecule has 2 heterocycles. The summed E-state index contributed by atoms with van der Waals surface area (Å²) in [6, 6.07) is 0.712. The van der Waals surface area contributed by atoms with Gasteiger partial charge in [0, 0.05) is 12.6 Å². The first kappa shape index (κ1) is 11.5. The van der Waals surface area contributed by atoms with Crippen LogP contribution >= 0.6 is 0 Å². The number of likely N-dealkylation sites (tertiary alicyclic amines) is 1. The lowest BCUT2D eigenvalue weighted by atomic mass is 9.95. The molecule has 0 aromatic rings. The second-order valence-corrected chi connectivity index (χ2v) is 5.93. The molecule has 1 aliphatic carbocycles. The molecule has 1 amide bonds. The van der Waals surface area contributed by atoms with E-state index in [-0.39, 0.29) is 6.04 Å². The van der Waals surface area contributed by atoms with Gasteiger partial charge in [0.15, 0.2) is 0 Å². The SMILES string of the molecule is O=C([C@H]1CCCN1)N1CCC[C@H]1C1CCCC1. The Balaban J connectivity index is 1.65. The number of hydrogen-bond acceptors (Lipinski definition) is 2. The quantitative estimate of drug-likeness (QED) is 0.794. The summed E-state index contributed by atoms with van der Waals surface area (Å²) in [6.45, 7) is 2.04. The summed E-state index contributed by atoms with van der Waals surface area (Å²) in [7, 11) is 0. The van der Waals surface area contributed by atoms with E-state index in [4.69, 9.17) is 0 Å². The highest BCUT2D eigenvalue weighted by Crippen LogP contribution is 2.35. The Kier molecular flexibility index (Phi) is 3.37. The molecule has 0 aromatic carbocycles. The Morgan fingerprint density at radius 2 is 1.82 bits per heavy atom. The molecule has 96 valence electrons. The summed E-state index contributed by atoms with van der Waals surface area (Å²) in [6.07, 6.45) is 10.2. The fourth-order valence-corrected chi connectivity index (χ4v) is 3.99. The van der Waals surface area contributed by atoms with E-state index < -0.39 is 0 Å². The molecule has 17 heavy (non-hydrogen) atoms. The molecule has 3 aliphatic rings. The summed E-state index contributed by atoms with van der Waals surface area (Å²) in [5, 5.41) is 3.35. The van der Waals surface area contributed by atoms with E-state index in [9.17, 15) is 4.79 Å². The average Bonchev–Trinajstić information content (AvgIpc) is 3.09. The predicted octanol–water partition coefficient (Wildman–Crippen LogP) is 1.92. The lowest BCUT2D eigenvalue weighted by molar-refractivity contribution is -0.134. The van der Waals surface area contributed by atoms with Crippen molar-refractivity contribution >= 4 is 5.91 Å². The molecule has 0 unspecified atom stereocenters. The fourth-order valence-electron chi connectivity index (χ4n) is 3.99. The molecule has 0 radical (unpaired) electrons. The van der Waals surface area contributed by atoms with E-state index >= 15 is 0 Å². The van der Waals surface area contributed by atoms with Gasteiger partial charge in [-0.3, -0.25) is 4.79 Å². The smallest absolute Gasteiger partial charge is 0.239 e. The minimum Gasteiger partial charge on any atom is -0.338 e. The monoisotopic (exact) mass is 236 g/mol. The average molecular weight is 236 g/mol. The number of hydrogen-bond donors (Lipinski definition) is 1. The van der Waals surface area contributed by atoms with Crippen LogP contribution in [0.4, 0.5) is 0 Å². The summed E-state index contributed by atoms with van der Waals surface area (Å²) < 4.78 is 0. The van der Waals surface area contributed by atoms with Gasteiger partial charge in [-0.05, 0) is 51.0 Å². The molecule has 3 fully saturated rings. The maximum absolute atomic E-state index is 12.5. The highest BCUT2D eigenvalue weighted by molar-refractivity contribution is 5.82. The fraction of sp³-hybridized carbons (Fsp3) is 0.929. The molecular weight excluding hydrogens is 212 g/mol. The van der Waals surface area contributed by atoms with Crippen LogP contribution in [-0.4, -0.2) is 36.0 Å². The van der Waals surface area contributed by atoms with E-state index in [1.165, 1.54) is 44.9 Å². The van der Waals surface area contributed by atoms with Crippen molar-refractivity contribution in [2.24, 2.45) is 5.92 Å². The van der Waals surface area contributed by atoms with Crippen LogP contribution in [0.2, 0.25) is 0 Å². The van der Waals surface area contributed by atoms with Gasteiger partial charge in [0.05, 0.1) is 6.04 Å². The van der Waals surface area contributed by atoms with Gasteiger partial charge in [0.25, 0.3) is 0 Å². The highest BCUT2D eigenvalue weighted by Gasteiger charge is 2.38. The lowest BCUT2D eigenvalue weighted by Gasteiger charge is -2.31. The van der Waals surface area contributed by atoms with Crippen LogP contribution in [0.5, 0.6) is 0 Å². The van der Waals surface area contributed by atoms with Gasteiger partial charge < -0.3 is 10.2 Å². The third kappa shape index (κ3) is 2.22. The van der Waals surface area contributed by atoms with Crippen LogP contribution in [0.15, 0.2) is 0 Å². The number of nitrogens with one attached hydrogen (secondary N) is 1. The number of carbonyl (C=O) groups excluding carboxylic acids is 1. The number of carbonyl (C=O) groups is 1. The summed E-state index contributed by atoms with van der Waals surface area (Å²) in [5.74, 6) is 1.21. The lowest BCUT2D eigenvalue weighted by Crippen LogP contribution is -2.47. The first-order chi connectivity index (χ1) is 8.36. The zero-order valence-electron chi connectivity index (χ0n) is 10.7. The highest BCUT2D eigenvalue weighted by atomic mass is 16.2. The second-order valence-electron chi connectivity index (χ2n) is 5.93. The molecular formula is C14H24N2O. The van der Waals surface area contributed by atoms with Gasteiger partial charge in [0.1, 0.15) is 0 Å². The van der Waals surface area contributed by atoms with Crippen molar-refractivity contribution in [1.29, 1.82) is 0 Å². The molecule has 1 saturated carbocycles. The number of nitrogens with zero attached hydrogens (tertiary/aromatic N) is 1. The molecule has 0 bridgehead atoms. The molecule has 3 nitrogen and oxygen atoms in total. The number of amides is 1. The molecule has 1 N–H and O–H groups in total. The van der Waals surface area contributed by atoms with E-state index in [1.54, 1.807) is 0 Å². The van der Waals surface area contributed by atoms with Crippen LogP contribution in [0.25, 0.3) is 0 Å². The third-order valence-electron chi connectivity index (χ3n) is 4.88. The zero-order chi connectivity index (χ0) is 11.7. The topological polar surface area (TPSA) is 32.3 Å². The first-order valence-electron chi connectivity index (χ1n) is 7.40. The minimum atomic E-state index is 0.136. The largest absolute Gasteiger partial charge is 0.338 e. The van der Waals surface area contributed by atoms with Crippen LogP contribution in [0.1, 0.15) is 51.4 Å². The van der Waals surface area contributed by atoms with Crippen molar-refractivity contribution in [3.05, 3.63) is 0 Å². The number of rotatable bonds is 2. The maximum Gasteiger partial charge on any atom is 0.239 e. The molecule has 3 rings (SSSR count). The molecule has 0 aromatic heterocycles. The summed E-state index contributed by atoms with van der Waals surface area (Å²) in [5.41, 5.74) is 0. The molecule has 0 spiro atoms. The van der Waals surface area contributed by atoms with E-state index in [0.717, 1.165) is 25.4 Å². The third-order valence-corrected chi connectivity index (χ3v) is 4.88. The van der Waals surface area contributed by atoms with Gasteiger partial charge in [-0.15, -0.1) is 0 Å². The summed E-state index contributed by atoms with van der Waals surface area (Å²) >= 11 is 0. The van der Waals surface area contributed by atoms with Crippen molar-refractivity contribution in [3.8, 4) is 0 Å². The van der Waals surface area contributed by atoms with E-state index in [2.05, 4.69) is 10.2 Å². The van der Waals surface area contributed by atoms with Crippen LogP contribution in [0.3, 0.4) is 0 Å². The van der Waals surface area contributed by atoms with Crippen molar-refractivity contribution in [3.63, 3.8) is 0 Å². The Morgan fingerprint density at radius 3 is 2.53 bits per heavy atom. The normalized spacial score (nSPS) is 34.7. The summed E-state index contributed by atoms with van der Waals surface area (Å²) in [4.78, 5) is 14.7. The van der Waals surface area contributed by atoms with Gasteiger partial charge in [-0.2, -0.15) is 0 Å². The Morgan fingerprint density at radius 1 is 1.00 bits per heavy atom. The Hall–Kier alpha value is -0.570. The molecule has 2 aliphatic heterocycles. The van der Waals surface area contributed by atoms with Gasteiger partial charge in [0.2, 0.25) is 5.91 Å².